The van der Waals surface area contributed by atoms with E-state index in [2.05, 4.69) is 9.82 Å². The summed E-state index contributed by atoms with van der Waals surface area (Å²) in [5.74, 6) is 0. The van der Waals surface area contributed by atoms with E-state index in [1.807, 2.05) is 6.26 Å². The molecule has 0 amide bonds. The van der Waals surface area contributed by atoms with Crippen LogP contribution < -0.4 is 4.72 Å². The third-order valence-electron chi connectivity index (χ3n) is 2.48. The molecule has 1 aromatic rings. The molecule has 0 saturated heterocycles. The summed E-state index contributed by atoms with van der Waals surface area (Å²) in [6.07, 6.45) is 3.08. The number of thioether (sulfide) groups is 1. The van der Waals surface area contributed by atoms with Crippen LogP contribution in [0.1, 0.15) is 6.92 Å². The zero-order valence-corrected chi connectivity index (χ0v) is 12.7. The summed E-state index contributed by atoms with van der Waals surface area (Å²) in [6.45, 7) is 1.59. The number of aryl methyl sites for hydroxylation is 1. The second kappa shape index (κ2) is 6.25. The van der Waals surface area contributed by atoms with Gasteiger partial charge in [0, 0.05) is 18.3 Å². The van der Waals surface area contributed by atoms with Crippen molar-refractivity contribution in [3.63, 3.8) is 0 Å². The highest BCUT2D eigenvalue weighted by Gasteiger charge is 2.27. The molecule has 104 valence electrons. The fraction of sp³-hybridized carbons (Fsp3) is 0.667. The van der Waals surface area contributed by atoms with Gasteiger partial charge in [-0.1, -0.05) is 11.6 Å². The quantitative estimate of drug-likeness (QED) is 0.797. The average Bonchev–Trinajstić information content (AvgIpc) is 2.59. The maximum Gasteiger partial charge on any atom is 0.259 e. The lowest BCUT2D eigenvalue weighted by Crippen LogP contribution is -2.41. The van der Waals surface area contributed by atoms with Crippen LogP contribution in [0, 0.1) is 0 Å². The molecule has 6 nitrogen and oxygen atoms in total. The van der Waals surface area contributed by atoms with E-state index >= 15 is 0 Å². The number of rotatable bonds is 6. The van der Waals surface area contributed by atoms with Crippen molar-refractivity contribution in [3.8, 4) is 0 Å². The Kier molecular flexibility index (Phi) is 5.47. The minimum atomic E-state index is -3.75. The number of sulfonamides is 1. The van der Waals surface area contributed by atoms with Crippen molar-refractivity contribution in [1.82, 2.24) is 14.5 Å². The van der Waals surface area contributed by atoms with Gasteiger partial charge < -0.3 is 5.11 Å². The van der Waals surface area contributed by atoms with E-state index in [0.29, 0.717) is 0 Å². The largest absolute Gasteiger partial charge is 0.395 e. The molecule has 0 aliphatic heterocycles. The lowest BCUT2D eigenvalue weighted by Gasteiger charge is -2.21. The van der Waals surface area contributed by atoms with Crippen LogP contribution in [-0.4, -0.2) is 47.5 Å². The number of nitrogens with one attached hydrogen (secondary N) is 1. The number of nitrogens with zero attached hydrogens (tertiary/aromatic N) is 2. The van der Waals surface area contributed by atoms with Crippen molar-refractivity contribution in [3.05, 3.63) is 11.2 Å². The molecule has 18 heavy (non-hydrogen) atoms. The third kappa shape index (κ3) is 3.39. The smallest absolute Gasteiger partial charge is 0.259 e. The van der Waals surface area contributed by atoms with Crippen LogP contribution in [0.3, 0.4) is 0 Å². The number of halogens is 1. The van der Waals surface area contributed by atoms with Gasteiger partial charge in [0.25, 0.3) is 10.0 Å². The number of aromatic nitrogens is 2. The van der Waals surface area contributed by atoms with Gasteiger partial charge >= 0.3 is 0 Å². The Balaban J connectivity index is 2.96. The summed E-state index contributed by atoms with van der Waals surface area (Å²) >= 11 is 7.20. The summed E-state index contributed by atoms with van der Waals surface area (Å²) < 4.78 is 28.0. The molecule has 2 unspecified atom stereocenters. The van der Waals surface area contributed by atoms with E-state index < -0.39 is 16.1 Å². The Morgan fingerprint density at radius 1 is 1.67 bits per heavy atom. The van der Waals surface area contributed by atoms with Crippen molar-refractivity contribution in [2.24, 2.45) is 7.05 Å². The van der Waals surface area contributed by atoms with E-state index in [1.165, 1.54) is 29.7 Å². The molecule has 0 radical (unpaired) electrons. The van der Waals surface area contributed by atoms with Gasteiger partial charge in [0.1, 0.15) is 0 Å². The molecular formula is C9H16ClN3O3S2. The molecule has 0 saturated carbocycles. The van der Waals surface area contributed by atoms with Gasteiger partial charge in [-0.15, -0.1) is 0 Å². The maximum atomic E-state index is 12.1. The topological polar surface area (TPSA) is 84.2 Å². The van der Waals surface area contributed by atoms with E-state index in [-0.39, 0.29) is 21.9 Å². The molecule has 0 fully saturated rings. The molecule has 0 aliphatic rings. The van der Waals surface area contributed by atoms with E-state index in [1.54, 1.807) is 6.92 Å². The van der Waals surface area contributed by atoms with Gasteiger partial charge in [-0.05, 0) is 13.2 Å². The normalized spacial score (nSPS) is 15.6. The first kappa shape index (κ1) is 15.8. The summed E-state index contributed by atoms with van der Waals surface area (Å²) in [5.41, 5.74) is 0. The molecule has 9 heteroatoms. The Morgan fingerprint density at radius 2 is 2.28 bits per heavy atom. The second-order valence-electron chi connectivity index (χ2n) is 3.79. The first-order valence-electron chi connectivity index (χ1n) is 5.17. The molecular weight excluding hydrogens is 298 g/mol. The summed E-state index contributed by atoms with van der Waals surface area (Å²) in [7, 11) is -2.25. The number of aliphatic hydroxyl groups is 1. The number of hydrogen-bond donors (Lipinski definition) is 2. The zero-order chi connectivity index (χ0) is 13.9. The van der Waals surface area contributed by atoms with Crippen LogP contribution in [0.5, 0.6) is 0 Å². The monoisotopic (exact) mass is 313 g/mol. The van der Waals surface area contributed by atoms with Crippen LogP contribution in [0.4, 0.5) is 0 Å². The van der Waals surface area contributed by atoms with Crippen LogP contribution in [0.15, 0.2) is 11.2 Å². The zero-order valence-electron chi connectivity index (χ0n) is 10.3. The van der Waals surface area contributed by atoms with Gasteiger partial charge in [0.2, 0.25) is 0 Å². The highest BCUT2D eigenvalue weighted by molar-refractivity contribution is 7.99. The fourth-order valence-corrected chi connectivity index (χ4v) is 4.17. The first-order valence-corrected chi connectivity index (χ1v) is 8.32. The molecule has 2 N–H and O–H groups in total. The van der Waals surface area contributed by atoms with Crippen molar-refractivity contribution in [2.75, 3.05) is 12.9 Å². The van der Waals surface area contributed by atoms with Crippen molar-refractivity contribution >= 4 is 33.4 Å². The summed E-state index contributed by atoms with van der Waals surface area (Å²) in [5, 5.41) is 12.7. The lowest BCUT2D eigenvalue weighted by molar-refractivity contribution is 0.282. The standard InChI is InChI=1S/C9H16ClN3O3S2/c1-6(8(5-14)17-3)12-18(15,16)9-7(10)4-11-13(9)2/h4,6,8,12,14H,5H2,1-3H3. The Morgan fingerprint density at radius 3 is 2.67 bits per heavy atom. The molecule has 0 aliphatic carbocycles. The second-order valence-corrected chi connectivity index (χ2v) is 6.90. The third-order valence-corrected chi connectivity index (χ3v) is 5.71. The van der Waals surface area contributed by atoms with Crippen LogP contribution >= 0.6 is 23.4 Å². The summed E-state index contributed by atoms with van der Waals surface area (Å²) in [6, 6.07) is -0.416. The van der Waals surface area contributed by atoms with Gasteiger partial charge in [0.15, 0.2) is 5.03 Å². The van der Waals surface area contributed by atoms with Gasteiger partial charge in [-0.3, -0.25) is 4.68 Å². The minimum absolute atomic E-state index is 0.0712. The van der Waals surface area contributed by atoms with Gasteiger partial charge in [0.05, 0.1) is 17.8 Å². The summed E-state index contributed by atoms with van der Waals surface area (Å²) in [4.78, 5) is 0. The van der Waals surface area contributed by atoms with Crippen LogP contribution in [0.2, 0.25) is 5.02 Å². The predicted octanol–water partition coefficient (Wildman–Crippen LogP) is 0.464. The minimum Gasteiger partial charge on any atom is -0.395 e. The molecule has 1 aromatic heterocycles. The lowest BCUT2D eigenvalue weighted by atomic mass is 10.3. The molecule has 2 atom stereocenters. The molecule has 0 aromatic carbocycles. The Labute approximate surface area is 116 Å². The van der Waals surface area contributed by atoms with E-state index in [4.69, 9.17) is 16.7 Å². The maximum absolute atomic E-state index is 12.1. The fourth-order valence-electron chi connectivity index (χ4n) is 1.52. The van der Waals surface area contributed by atoms with Crippen LogP contribution in [-0.2, 0) is 17.1 Å². The Bertz CT molecular complexity index is 480. The van der Waals surface area contributed by atoms with Gasteiger partial charge in [-0.25, -0.2) is 13.1 Å². The first-order chi connectivity index (χ1) is 8.33. The van der Waals surface area contributed by atoms with Crippen molar-refractivity contribution < 1.29 is 13.5 Å². The molecule has 1 heterocycles. The highest BCUT2D eigenvalue weighted by Crippen LogP contribution is 2.21. The molecule has 0 spiro atoms. The number of aliphatic hydroxyl groups excluding tert-OH is 1. The SMILES string of the molecule is CSC(CO)C(C)NS(=O)(=O)c1c(Cl)cnn1C. The van der Waals surface area contributed by atoms with Crippen LogP contribution in [0.25, 0.3) is 0 Å². The Hall–Kier alpha value is -0.280. The molecule has 1 rings (SSSR count). The van der Waals surface area contributed by atoms with Crippen molar-refractivity contribution in [1.29, 1.82) is 0 Å². The van der Waals surface area contributed by atoms with E-state index in [0.717, 1.165) is 0 Å². The average molecular weight is 314 g/mol. The number of hydrogen-bond acceptors (Lipinski definition) is 5. The highest BCUT2D eigenvalue weighted by atomic mass is 35.5. The van der Waals surface area contributed by atoms with Gasteiger partial charge in [-0.2, -0.15) is 16.9 Å². The molecule has 0 bridgehead atoms. The van der Waals surface area contributed by atoms with Crippen molar-refractivity contribution in [2.45, 2.75) is 23.2 Å². The van der Waals surface area contributed by atoms with E-state index in [9.17, 15) is 8.42 Å². The predicted molar refractivity (Wildman–Crippen MR) is 72.4 cm³/mol.